The summed E-state index contributed by atoms with van der Waals surface area (Å²) in [5.74, 6) is 0.457. The van der Waals surface area contributed by atoms with E-state index in [1.165, 1.54) is 32.1 Å². The molecule has 1 saturated carbocycles. The first-order valence-corrected chi connectivity index (χ1v) is 9.61. The van der Waals surface area contributed by atoms with Gasteiger partial charge < -0.3 is 9.88 Å². The number of rotatable bonds is 6. The van der Waals surface area contributed by atoms with Gasteiger partial charge in [-0.05, 0) is 42.7 Å². The zero-order chi connectivity index (χ0) is 17.6. The molecule has 0 unspecified atom stereocenters. The predicted molar refractivity (Wildman–Crippen MR) is 102 cm³/mol. The standard InChI is InChI=1S/C21H28N2O2/c1-2-3-13-23-19(14-17-11-7-8-12-18(17)21(23)25)20(24)22-15-16-9-5-4-6-10-16/h7-8,11-12,14,16H,2-6,9-10,13,15H2,1H3,(H,22,24). The van der Waals surface area contributed by atoms with Crippen molar-refractivity contribution < 1.29 is 4.79 Å². The molecule has 2 aromatic rings. The second-order valence-electron chi connectivity index (χ2n) is 7.14. The third kappa shape index (κ3) is 4.12. The van der Waals surface area contributed by atoms with Crippen LogP contribution in [0.4, 0.5) is 0 Å². The van der Waals surface area contributed by atoms with Gasteiger partial charge in [0.25, 0.3) is 11.5 Å². The topological polar surface area (TPSA) is 51.1 Å². The number of amides is 1. The number of carbonyl (C=O) groups excluding carboxylic acids is 1. The zero-order valence-corrected chi connectivity index (χ0v) is 15.1. The van der Waals surface area contributed by atoms with Crippen LogP contribution in [0.5, 0.6) is 0 Å². The molecule has 0 atom stereocenters. The quantitative estimate of drug-likeness (QED) is 0.860. The van der Waals surface area contributed by atoms with Crippen LogP contribution in [-0.4, -0.2) is 17.0 Å². The fourth-order valence-corrected chi connectivity index (χ4v) is 3.74. The van der Waals surface area contributed by atoms with Crippen molar-refractivity contribution in [2.75, 3.05) is 6.54 Å². The molecule has 1 aliphatic rings. The monoisotopic (exact) mass is 340 g/mol. The number of nitrogens with zero attached hydrogens (tertiary/aromatic N) is 1. The predicted octanol–water partition coefficient (Wildman–Crippen LogP) is 4.11. The Kier molecular flexibility index (Phi) is 5.90. The number of benzene rings is 1. The van der Waals surface area contributed by atoms with Crippen molar-refractivity contribution in [1.82, 2.24) is 9.88 Å². The molecule has 0 bridgehead atoms. The molecule has 1 amide bonds. The lowest BCUT2D eigenvalue weighted by Crippen LogP contribution is -2.35. The van der Waals surface area contributed by atoms with E-state index in [0.717, 1.165) is 18.2 Å². The van der Waals surface area contributed by atoms with Crippen molar-refractivity contribution in [3.05, 3.63) is 46.4 Å². The summed E-state index contributed by atoms with van der Waals surface area (Å²) in [5.41, 5.74) is 0.433. The Morgan fingerprint density at radius 1 is 1.20 bits per heavy atom. The Labute approximate surface area is 149 Å². The van der Waals surface area contributed by atoms with E-state index in [0.29, 0.717) is 30.1 Å². The minimum atomic E-state index is -0.121. The highest BCUT2D eigenvalue weighted by Gasteiger charge is 2.18. The van der Waals surface area contributed by atoms with Crippen LogP contribution in [0.2, 0.25) is 0 Å². The molecule has 3 rings (SSSR count). The molecule has 1 N–H and O–H groups in total. The normalized spacial score (nSPS) is 15.4. The maximum absolute atomic E-state index is 12.8. The highest BCUT2D eigenvalue weighted by molar-refractivity contribution is 5.96. The molecule has 0 aliphatic heterocycles. The molecule has 1 aromatic carbocycles. The molecule has 1 heterocycles. The van der Waals surface area contributed by atoms with Crippen LogP contribution in [0, 0.1) is 5.92 Å². The lowest BCUT2D eigenvalue weighted by molar-refractivity contribution is 0.0933. The Morgan fingerprint density at radius 2 is 1.96 bits per heavy atom. The fourth-order valence-electron chi connectivity index (χ4n) is 3.74. The summed E-state index contributed by atoms with van der Waals surface area (Å²) in [6, 6.07) is 9.38. The van der Waals surface area contributed by atoms with E-state index >= 15 is 0 Å². The number of unbranched alkanes of at least 4 members (excludes halogenated alkanes) is 1. The summed E-state index contributed by atoms with van der Waals surface area (Å²) in [6.45, 7) is 3.40. The second kappa shape index (κ2) is 8.32. The van der Waals surface area contributed by atoms with Crippen molar-refractivity contribution in [2.24, 2.45) is 5.92 Å². The first kappa shape index (κ1) is 17.7. The molecule has 0 radical (unpaired) electrons. The summed E-state index contributed by atoms with van der Waals surface area (Å²) in [6.07, 6.45) is 8.10. The van der Waals surface area contributed by atoms with Gasteiger partial charge in [-0.1, -0.05) is 50.8 Å². The van der Waals surface area contributed by atoms with Crippen LogP contribution in [0.15, 0.2) is 35.1 Å². The van der Waals surface area contributed by atoms with Gasteiger partial charge in [-0.25, -0.2) is 0 Å². The van der Waals surface area contributed by atoms with Crippen molar-refractivity contribution in [1.29, 1.82) is 0 Å². The minimum Gasteiger partial charge on any atom is -0.350 e. The number of hydrogen-bond acceptors (Lipinski definition) is 2. The Morgan fingerprint density at radius 3 is 2.72 bits per heavy atom. The summed E-state index contributed by atoms with van der Waals surface area (Å²) in [4.78, 5) is 25.6. The van der Waals surface area contributed by atoms with Gasteiger partial charge in [0.1, 0.15) is 5.69 Å². The molecular formula is C21H28N2O2. The van der Waals surface area contributed by atoms with Crippen LogP contribution < -0.4 is 10.9 Å². The maximum Gasteiger partial charge on any atom is 0.268 e. The highest BCUT2D eigenvalue weighted by Crippen LogP contribution is 2.23. The van der Waals surface area contributed by atoms with Gasteiger partial charge in [0.15, 0.2) is 0 Å². The molecule has 1 fully saturated rings. The zero-order valence-electron chi connectivity index (χ0n) is 15.1. The molecule has 1 aliphatic carbocycles. The van der Waals surface area contributed by atoms with E-state index in [-0.39, 0.29) is 11.5 Å². The van der Waals surface area contributed by atoms with E-state index in [2.05, 4.69) is 12.2 Å². The number of fused-ring (bicyclic) bond motifs is 1. The van der Waals surface area contributed by atoms with E-state index in [4.69, 9.17) is 0 Å². The Hall–Kier alpha value is -2.10. The van der Waals surface area contributed by atoms with E-state index in [1.807, 2.05) is 30.3 Å². The largest absolute Gasteiger partial charge is 0.350 e. The van der Waals surface area contributed by atoms with E-state index < -0.39 is 0 Å². The van der Waals surface area contributed by atoms with Gasteiger partial charge in [0.2, 0.25) is 0 Å². The van der Waals surface area contributed by atoms with Crippen LogP contribution in [0.25, 0.3) is 10.8 Å². The SMILES string of the molecule is CCCCn1c(C(=O)NCC2CCCCC2)cc2ccccc2c1=O. The third-order valence-corrected chi connectivity index (χ3v) is 5.26. The van der Waals surface area contributed by atoms with Crippen molar-refractivity contribution in [3.63, 3.8) is 0 Å². The molecule has 25 heavy (non-hydrogen) atoms. The van der Waals surface area contributed by atoms with Crippen molar-refractivity contribution in [2.45, 2.75) is 58.4 Å². The van der Waals surface area contributed by atoms with Gasteiger partial charge in [-0.15, -0.1) is 0 Å². The molecule has 4 nitrogen and oxygen atoms in total. The molecule has 1 aromatic heterocycles. The number of nitrogens with one attached hydrogen (secondary N) is 1. The van der Waals surface area contributed by atoms with Gasteiger partial charge in [0, 0.05) is 18.5 Å². The number of pyridine rings is 1. The average Bonchev–Trinajstić information content (AvgIpc) is 2.66. The molecule has 134 valence electrons. The van der Waals surface area contributed by atoms with Crippen LogP contribution in [-0.2, 0) is 6.54 Å². The molecule has 0 saturated heterocycles. The maximum atomic E-state index is 12.8. The molecule has 0 spiro atoms. The first-order valence-electron chi connectivity index (χ1n) is 9.61. The van der Waals surface area contributed by atoms with Gasteiger partial charge in [0.05, 0.1) is 0 Å². The number of aromatic nitrogens is 1. The Balaban J connectivity index is 1.87. The summed E-state index contributed by atoms with van der Waals surface area (Å²) in [5, 5.41) is 4.60. The Bertz CT molecular complexity index is 788. The van der Waals surface area contributed by atoms with Gasteiger partial charge >= 0.3 is 0 Å². The van der Waals surface area contributed by atoms with Crippen LogP contribution >= 0.6 is 0 Å². The number of carbonyl (C=O) groups is 1. The van der Waals surface area contributed by atoms with Gasteiger partial charge in [-0.2, -0.15) is 0 Å². The summed E-state index contributed by atoms with van der Waals surface area (Å²) >= 11 is 0. The van der Waals surface area contributed by atoms with Gasteiger partial charge in [-0.3, -0.25) is 9.59 Å². The lowest BCUT2D eigenvalue weighted by atomic mass is 9.89. The van der Waals surface area contributed by atoms with Crippen molar-refractivity contribution >= 4 is 16.7 Å². The highest BCUT2D eigenvalue weighted by atomic mass is 16.2. The molecular weight excluding hydrogens is 312 g/mol. The average molecular weight is 340 g/mol. The smallest absolute Gasteiger partial charge is 0.268 e. The number of hydrogen-bond donors (Lipinski definition) is 1. The van der Waals surface area contributed by atoms with Crippen LogP contribution in [0.3, 0.4) is 0 Å². The summed E-state index contributed by atoms with van der Waals surface area (Å²) in [7, 11) is 0. The second-order valence-corrected chi connectivity index (χ2v) is 7.14. The summed E-state index contributed by atoms with van der Waals surface area (Å²) < 4.78 is 1.65. The fraction of sp³-hybridized carbons (Fsp3) is 0.524. The third-order valence-electron chi connectivity index (χ3n) is 5.26. The van der Waals surface area contributed by atoms with E-state index in [9.17, 15) is 9.59 Å². The van der Waals surface area contributed by atoms with Crippen LogP contribution in [0.1, 0.15) is 62.4 Å². The molecule has 4 heteroatoms. The first-order chi connectivity index (χ1) is 12.2. The van der Waals surface area contributed by atoms with E-state index in [1.54, 1.807) is 4.57 Å². The van der Waals surface area contributed by atoms with Crippen molar-refractivity contribution in [3.8, 4) is 0 Å². The lowest BCUT2D eigenvalue weighted by Gasteiger charge is -2.22. The minimum absolute atomic E-state index is 0.0608.